The molecule has 1 fully saturated rings. The molecule has 1 aromatic carbocycles. The van der Waals surface area contributed by atoms with E-state index < -0.39 is 5.69 Å². The van der Waals surface area contributed by atoms with Crippen molar-refractivity contribution in [1.29, 1.82) is 0 Å². The third kappa shape index (κ3) is 3.82. The number of hydrogen-bond donors (Lipinski definition) is 3. The van der Waals surface area contributed by atoms with Gasteiger partial charge in [0.2, 0.25) is 0 Å². The summed E-state index contributed by atoms with van der Waals surface area (Å²) < 4.78 is 1.14. The van der Waals surface area contributed by atoms with Gasteiger partial charge in [0.15, 0.2) is 0 Å². The van der Waals surface area contributed by atoms with Crippen molar-refractivity contribution in [3.63, 3.8) is 0 Å². The molecule has 25 heavy (non-hydrogen) atoms. The molecular weight excluding hydrogens is 320 g/mol. The van der Waals surface area contributed by atoms with Crippen molar-refractivity contribution in [2.45, 2.75) is 32.7 Å². The lowest BCUT2D eigenvalue weighted by Crippen LogP contribution is -2.34. The molecule has 1 amide bonds. The summed E-state index contributed by atoms with van der Waals surface area (Å²) in [6.45, 7) is 4.76. The van der Waals surface area contributed by atoms with Gasteiger partial charge in [-0.1, -0.05) is 0 Å². The minimum atomic E-state index is -0.456. The number of aromatic nitrogens is 2. The first-order chi connectivity index (χ1) is 12.1. The SMILES string of the molecule is CCn1c(=O)[nH]c2cc(C(=O)NCCC3CCCNC3)ccc2c1=O. The van der Waals surface area contributed by atoms with Gasteiger partial charge in [-0.3, -0.25) is 14.2 Å². The van der Waals surface area contributed by atoms with Gasteiger partial charge in [0, 0.05) is 18.7 Å². The van der Waals surface area contributed by atoms with E-state index in [1.165, 1.54) is 12.8 Å². The molecule has 1 unspecified atom stereocenters. The van der Waals surface area contributed by atoms with Crippen LogP contribution in [0.15, 0.2) is 27.8 Å². The topological polar surface area (TPSA) is 96.0 Å². The monoisotopic (exact) mass is 344 g/mol. The van der Waals surface area contributed by atoms with E-state index in [2.05, 4.69) is 15.6 Å². The average molecular weight is 344 g/mol. The van der Waals surface area contributed by atoms with Crippen molar-refractivity contribution < 1.29 is 4.79 Å². The fraction of sp³-hybridized carbons (Fsp3) is 0.500. The van der Waals surface area contributed by atoms with Crippen LogP contribution in [-0.2, 0) is 6.54 Å². The maximum atomic E-state index is 12.3. The molecule has 1 atom stereocenters. The molecule has 2 aromatic rings. The minimum absolute atomic E-state index is 0.189. The van der Waals surface area contributed by atoms with E-state index in [4.69, 9.17) is 0 Å². The van der Waals surface area contributed by atoms with Crippen LogP contribution in [0.3, 0.4) is 0 Å². The Balaban J connectivity index is 1.71. The maximum Gasteiger partial charge on any atom is 0.328 e. The molecule has 7 nitrogen and oxygen atoms in total. The number of nitrogens with zero attached hydrogens (tertiary/aromatic N) is 1. The minimum Gasteiger partial charge on any atom is -0.352 e. The van der Waals surface area contributed by atoms with Crippen molar-refractivity contribution in [3.05, 3.63) is 44.6 Å². The molecule has 0 saturated carbocycles. The van der Waals surface area contributed by atoms with Crippen molar-refractivity contribution in [2.75, 3.05) is 19.6 Å². The highest BCUT2D eigenvalue weighted by Gasteiger charge is 2.14. The highest BCUT2D eigenvalue weighted by atomic mass is 16.2. The number of fused-ring (bicyclic) bond motifs is 1. The molecule has 0 radical (unpaired) electrons. The van der Waals surface area contributed by atoms with Crippen LogP contribution < -0.4 is 21.9 Å². The molecule has 1 aromatic heterocycles. The highest BCUT2D eigenvalue weighted by molar-refractivity contribution is 5.97. The molecule has 0 aliphatic carbocycles. The number of benzene rings is 1. The molecule has 134 valence electrons. The molecule has 0 spiro atoms. The first kappa shape index (κ1) is 17.4. The Kier molecular flexibility index (Phi) is 5.33. The Morgan fingerprint density at radius 2 is 2.20 bits per heavy atom. The van der Waals surface area contributed by atoms with Gasteiger partial charge in [-0.25, -0.2) is 4.79 Å². The summed E-state index contributed by atoms with van der Waals surface area (Å²) in [5.74, 6) is 0.417. The number of hydrogen-bond acceptors (Lipinski definition) is 4. The van der Waals surface area contributed by atoms with Crippen LogP contribution in [0.4, 0.5) is 0 Å². The smallest absolute Gasteiger partial charge is 0.328 e. The van der Waals surface area contributed by atoms with Crippen LogP contribution in [-0.4, -0.2) is 35.1 Å². The molecule has 3 N–H and O–H groups in total. The van der Waals surface area contributed by atoms with E-state index in [-0.39, 0.29) is 11.5 Å². The van der Waals surface area contributed by atoms with E-state index in [0.29, 0.717) is 35.5 Å². The van der Waals surface area contributed by atoms with Gasteiger partial charge >= 0.3 is 5.69 Å². The number of carbonyl (C=O) groups excluding carboxylic acids is 1. The van der Waals surface area contributed by atoms with E-state index >= 15 is 0 Å². The van der Waals surface area contributed by atoms with E-state index in [1.807, 2.05) is 0 Å². The van der Waals surface area contributed by atoms with Crippen LogP contribution in [0.2, 0.25) is 0 Å². The molecular formula is C18H24N4O3. The van der Waals surface area contributed by atoms with Crippen molar-refractivity contribution >= 4 is 16.8 Å². The third-order valence-corrected chi connectivity index (χ3v) is 4.80. The number of nitrogens with one attached hydrogen (secondary N) is 3. The number of carbonyl (C=O) groups is 1. The predicted molar refractivity (Wildman–Crippen MR) is 97.0 cm³/mol. The van der Waals surface area contributed by atoms with Crippen LogP contribution >= 0.6 is 0 Å². The van der Waals surface area contributed by atoms with E-state index in [9.17, 15) is 14.4 Å². The number of aromatic amines is 1. The fourth-order valence-electron chi connectivity index (χ4n) is 3.35. The van der Waals surface area contributed by atoms with Crippen LogP contribution in [0.1, 0.15) is 36.5 Å². The summed E-state index contributed by atoms with van der Waals surface area (Å²) in [6, 6.07) is 4.79. The molecule has 1 aliphatic heterocycles. The quantitative estimate of drug-likeness (QED) is 0.748. The standard InChI is InChI=1S/C18H24N4O3/c1-2-22-17(24)14-6-5-13(10-15(14)21-18(22)25)16(23)20-9-7-12-4-3-8-19-11-12/h5-6,10,12,19H,2-4,7-9,11H2,1H3,(H,20,23)(H,21,25). The van der Waals surface area contributed by atoms with Gasteiger partial charge in [0.25, 0.3) is 11.5 Å². The number of H-pyrrole nitrogens is 1. The molecule has 2 heterocycles. The molecule has 1 aliphatic rings. The molecule has 0 bridgehead atoms. The second-order valence-corrected chi connectivity index (χ2v) is 6.50. The Morgan fingerprint density at radius 3 is 2.92 bits per heavy atom. The summed E-state index contributed by atoms with van der Waals surface area (Å²) in [5.41, 5.74) is 0.0442. The second kappa shape index (κ2) is 7.65. The number of piperidine rings is 1. The predicted octanol–water partition coefficient (Wildman–Crippen LogP) is 0.829. The Morgan fingerprint density at radius 1 is 1.36 bits per heavy atom. The largest absolute Gasteiger partial charge is 0.352 e. The molecule has 3 rings (SSSR count). The zero-order valence-electron chi connectivity index (χ0n) is 14.4. The molecule has 7 heteroatoms. The van der Waals surface area contributed by atoms with Gasteiger partial charge in [0.1, 0.15) is 0 Å². The lowest BCUT2D eigenvalue weighted by Gasteiger charge is -2.22. The summed E-state index contributed by atoms with van der Waals surface area (Å²) in [6.07, 6.45) is 3.33. The third-order valence-electron chi connectivity index (χ3n) is 4.80. The first-order valence-corrected chi connectivity index (χ1v) is 8.86. The van der Waals surface area contributed by atoms with Crippen molar-refractivity contribution in [2.24, 2.45) is 5.92 Å². The Hall–Kier alpha value is -2.41. The summed E-state index contributed by atoms with van der Waals surface area (Å²) in [4.78, 5) is 39.2. The molecule has 1 saturated heterocycles. The lowest BCUT2D eigenvalue weighted by molar-refractivity contribution is 0.0950. The Bertz CT molecular complexity index is 878. The van der Waals surface area contributed by atoms with Gasteiger partial charge in [-0.15, -0.1) is 0 Å². The maximum absolute atomic E-state index is 12.3. The second-order valence-electron chi connectivity index (χ2n) is 6.50. The van der Waals surface area contributed by atoms with Crippen molar-refractivity contribution in [1.82, 2.24) is 20.2 Å². The zero-order chi connectivity index (χ0) is 17.8. The van der Waals surface area contributed by atoms with Crippen molar-refractivity contribution in [3.8, 4) is 0 Å². The zero-order valence-corrected chi connectivity index (χ0v) is 14.4. The normalized spacial score (nSPS) is 17.6. The fourth-order valence-corrected chi connectivity index (χ4v) is 3.35. The van der Waals surface area contributed by atoms with Gasteiger partial charge in [0.05, 0.1) is 10.9 Å². The van der Waals surface area contributed by atoms with Gasteiger partial charge in [-0.2, -0.15) is 0 Å². The van der Waals surface area contributed by atoms with Crippen LogP contribution in [0.5, 0.6) is 0 Å². The summed E-state index contributed by atoms with van der Waals surface area (Å²) in [5, 5.41) is 6.70. The van der Waals surface area contributed by atoms with Gasteiger partial charge < -0.3 is 15.6 Å². The summed E-state index contributed by atoms with van der Waals surface area (Å²) in [7, 11) is 0. The van der Waals surface area contributed by atoms with E-state index in [1.54, 1.807) is 25.1 Å². The summed E-state index contributed by atoms with van der Waals surface area (Å²) >= 11 is 0. The average Bonchev–Trinajstić information content (AvgIpc) is 2.62. The van der Waals surface area contributed by atoms with E-state index in [0.717, 1.165) is 24.1 Å². The van der Waals surface area contributed by atoms with Crippen LogP contribution in [0, 0.1) is 5.92 Å². The first-order valence-electron chi connectivity index (χ1n) is 8.86. The Labute approximate surface area is 145 Å². The highest BCUT2D eigenvalue weighted by Crippen LogP contribution is 2.13. The van der Waals surface area contributed by atoms with Crippen LogP contribution in [0.25, 0.3) is 10.9 Å². The van der Waals surface area contributed by atoms with Gasteiger partial charge in [-0.05, 0) is 63.4 Å². The number of amides is 1. The number of rotatable bonds is 5. The lowest BCUT2D eigenvalue weighted by atomic mass is 9.96.